The fraction of sp³-hybridized carbons (Fsp3) is 0.0556. The molecule has 0 bridgehead atoms. The lowest BCUT2D eigenvalue weighted by molar-refractivity contribution is 0.411. The number of fused-ring (bicyclic) bond motifs is 1. The lowest BCUT2D eigenvalue weighted by Gasteiger charge is -2.09. The normalized spacial score (nSPS) is 11.5. The molecule has 9 nitrogen and oxygen atoms in total. The average Bonchev–Trinajstić information content (AvgIpc) is 2.98. The van der Waals surface area contributed by atoms with Gasteiger partial charge in [-0.25, -0.2) is 27.6 Å². The van der Waals surface area contributed by atoms with E-state index in [1.165, 1.54) is 60.4 Å². The summed E-state index contributed by atoms with van der Waals surface area (Å²) in [7, 11) is -2.51. The van der Waals surface area contributed by atoms with Crippen molar-refractivity contribution in [3.8, 4) is 11.8 Å². The number of para-hydroxylation sites is 1. The average molecular weight is 416 g/mol. The summed E-state index contributed by atoms with van der Waals surface area (Å²) in [5.41, 5.74) is 0.684. The summed E-state index contributed by atoms with van der Waals surface area (Å²) in [6.07, 6.45) is 2.37. The summed E-state index contributed by atoms with van der Waals surface area (Å²) in [5, 5.41) is 0. The summed E-state index contributed by atoms with van der Waals surface area (Å²) in [6.45, 7) is 0. The SMILES string of the molecule is Cn1c(=O)oc2ccc(S(=O)(=O)Nc3cnc(Oc4ccccc4F)nc3)cc21. The van der Waals surface area contributed by atoms with Crippen molar-refractivity contribution in [2.45, 2.75) is 4.90 Å². The fourth-order valence-electron chi connectivity index (χ4n) is 2.54. The maximum absolute atomic E-state index is 13.6. The van der Waals surface area contributed by atoms with Crippen LogP contribution in [0.2, 0.25) is 0 Å². The van der Waals surface area contributed by atoms with Gasteiger partial charge in [-0.2, -0.15) is 0 Å². The highest BCUT2D eigenvalue weighted by atomic mass is 32.2. The summed E-state index contributed by atoms with van der Waals surface area (Å²) in [4.78, 5) is 19.2. The third-order valence-corrected chi connectivity index (χ3v) is 5.37. The number of benzene rings is 2. The lowest BCUT2D eigenvalue weighted by Crippen LogP contribution is -2.14. The highest BCUT2D eigenvalue weighted by Gasteiger charge is 2.18. The number of hydrogen-bond acceptors (Lipinski definition) is 7. The van der Waals surface area contributed by atoms with Crippen molar-refractivity contribution in [2.24, 2.45) is 7.05 Å². The quantitative estimate of drug-likeness (QED) is 0.532. The molecule has 0 radical (unpaired) electrons. The van der Waals surface area contributed by atoms with E-state index in [1.807, 2.05) is 0 Å². The van der Waals surface area contributed by atoms with E-state index < -0.39 is 21.6 Å². The Bertz CT molecular complexity index is 1360. The molecule has 0 aliphatic rings. The van der Waals surface area contributed by atoms with Crippen LogP contribution in [0, 0.1) is 5.82 Å². The molecule has 1 N–H and O–H groups in total. The van der Waals surface area contributed by atoms with Crippen LogP contribution in [0.4, 0.5) is 10.1 Å². The number of aryl methyl sites for hydroxylation is 1. The molecule has 0 atom stereocenters. The molecule has 0 fully saturated rings. The molecule has 4 aromatic rings. The van der Waals surface area contributed by atoms with Crippen molar-refractivity contribution >= 4 is 26.8 Å². The maximum Gasteiger partial charge on any atom is 0.419 e. The Morgan fingerprint density at radius 2 is 1.86 bits per heavy atom. The van der Waals surface area contributed by atoms with Crippen molar-refractivity contribution in [1.29, 1.82) is 0 Å². The number of ether oxygens (including phenoxy) is 1. The standard InChI is InChI=1S/C18H13FN4O5S/c1-23-14-8-12(6-7-16(14)28-18(23)24)29(25,26)22-11-9-20-17(21-10-11)27-15-5-3-2-4-13(15)19/h2-10,22H,1H3. The zero-order valence-electron chi connectivity index (χ0n) is 14.9. The largest absolute Gasteiger partial charge is 0.421 e. The Morgan fingerprint density at radius 3 is 2.59 bits per heavy atom. The minimum absolute atomic E-state index is 0.0557. The first kappa shape index (κ1) is 18.6. The van der Waals surface area contributed by atoms with Crippen LogP contribution in [0.15, 0.2) is 69.0 Å². The number of aromatic nitrogens is 3. The Balaban J connectivity index is 1.56. The number of anilines is 1. The summed E-state index contributed by atoms with van der Waals surface area (Å²) in [6, 6.07) is 9.62. The van der Waals surface area contributed by atoms with Crippen LogP contribution in [0.1, 0.15) is 0 Å². The van der Waals surface area contributed by atoms with Gasteiger partial charge in [-0.3, -0.25) is 9.29 Å². The van der Waals surface area contributed by atoms with E-state index in [9.17, 15) is 17.6 Å². The van der Waals surface area contributed by atoms with Crippen LogP contribution in [-0.4, -0.2) is 23.0 Å². The van der Waals surface area contributed by atoms with Crippen molar-refractivity contribution in [3.63, 3.8) is 0 Å². The van der Waals surface area contributed by atoms with Gasteiger partial charge >= 0.3 is 11.8 Å². The van der Waals surface area contributed by atoms with Gasteiger partial charge in [0.15, 0.2) is 17.1 Å². The molecule has 0 amide bonds. The monoisotopic (exact) mass is 416 g/mol. The highest BCUT2D eigenvalue weighted by molar-refractivity contribution is 7.92. The van der Waals surface area contributed by atoms with Crippen LogP contribution in [-0.2, 0) is 17.1 Å². The minimum Gasteiger partial charge on any atom is -0.421 e. The second-order valence-corrected chi connectivity index (χ2v) is 7.63. The number of hydrogen-bond donors (Lipinski definition) is 1. The highest BCUT2D eigenvalue weighted by Crippen LogP contribution is 2.23. The van der Waals surface area contributed by atoms with E-state index >= 15 is 0 Å². The molecule has 0 aliphatic heterocycles. The number of sulfonamides is 1. The predicted octanol–water partition coefficient (Wildman–Crippen LogP) is 2.65. The van der Waals surface area contributed by atoms with E-state index in [2.05, 4.69) is 14.7 Å². The topological polar surface area (TPSA) is 116 Å². The first-order valence-electron chi connectivity index (χ1n) is 8.20. The van der Waals surface area contributed by atoms with Crippen molar-refractivity contribution in [1.82, 2.24) is 14.5 Å². The van der Waals surface area contributed by atoms with Crippen LogP contribution >= 0.6 is 0 Å². The molecule has 29 heavy (non-hydrogen) atoms. The van der Waals surface area contributed by atoms with Crippen LogP contribution in [0.25, 0.3) is 11.1 Å². The minimum atomic E-state index is -3.98. The zero-order valence-corrected chi connectivity index (χ0v) is 15.7. The van der Waals surface area contributed by atoms with E-state index in [0.29, 0.717) is 5.52 Å². The van der Waals surface area contributed by atoms with Gasteiger partial charge in [0.05, 0.1) is 28.5 Å². The molecule has 2 aromatic heterocycles. The third kappa shape index (κ3) is 3.67. The molecule has 0 saturated heterocycles. The van der Waals surface area contributed by atoms with Crippen molar-refractivity contribution < 1.29 is 22.0 Å². The molecule has 11 heteroatoms. The molecule has 4 rings (SSSR count). The molecule has 2 aromatic carbocycles. The Labute approximate surface area is 163 Å². The molecule has 0 unspecified atom stereocenters. The first-order valence-corrected chi connectivity index (χ1v) is 9.69. The van der Waals surface area contributed by atoms with Gasteiger partial charge in [-0.05, 0) is 30.3 Å². The molecule has 148 valence electrons. The number of rotatable bonds is 5. The smallest absolute Gasteiger partial charge is 0.419 e. The van der Waals surface area contributed by atoms with Gasteiger partial charge in [0.2, 0.25) is 0 Å². The van der Waals surface area contributed by atoms with Crippen LogP contribution < -0.4 is 15.2 Å². The van der Waals surface area contributed by atoms with E-state index in [-0.39, 0.29) is 27.9 Å². The molecule has 0 spiro atoms. The third-order valence-electron chi connectivity index (χ3n) is 3.99. The van der Waals surface area contributed by atoms with E-state index in [4.69, 9.17) is 9.15 Å². The van der Waals surface area contributed by atoms with Gasteiger partial charge in [-0.15, -0.1) is 0 Å². The number of nitrogens with one attached hydrogen (secondary N) is 1. The maximum atomic E-state index is 13.6. The first-order chi connectivity index (χ1) is 13.8. The lowest BCUT2D eigenvalue weighted by atomic mass is 10.3. The Kier molecular flexibility index (Phi) is 4.51. The van der Waals surface area contributed by atoms with Gasteiger partial charge in [0.25, 0.3) is 10.0 Å². The van der Waals surface area contributed by atoms with Gasteiger partial charge in [-0.1, -0.05) is 12.1 Å². The second kappa shape index (κ2) is 7.02. The Hall–Kier alpha value is -3.73. The summed E-state index contributed by atoms with van der Waals surface area (Å²) in [5.74, 6) is -1.23. The molecule has 2 heterocycles. The zero-order chi connectivity index (χ0) is 20.6. The number of oxazole rings is 1. The fourth-order valence-corrected chi connectivity index (χ4v) is 3.58. The summed E-state index contributed by atoms with van der Waals surface area (Å²) < 4.78 is 52.6. The predicted molar refractivity (Wildman–Crippen MR) is 101 cm³/mol. The molecule has 0 saturated carbocycles. The van der Waals surface area contributed by atoms with Crippen molar-refractivity contribution in [3.05, 3.63) is 71.2 Å². The van der Waals surface area contributed by atoms with Crippen molar-refractivity contribution in [2.75, 3.05) is 4.72 Å². The summed E-state index contributed by atoms with van der Waals surface area (Å²) >= 11 is 0. The molecule has 0 aliphatic carbocycles. The van der Waals surface area contributed by atoms with Crippen LogP contribution in [0.3, 0.4) is 0 Å². The van der Waals surface area contributed by atoms with E-state index in [0.717, 1.165) is 0 Å². The number of nitrogens with zero attached hydrogens (tertiary/aromatic N) is 3. The van der Waals surface area contributed by atoms with Crippen LogP contribution in [0.5, 0.6) is 11.8 Å². The van der Waals surface area contributed by atoms with Gasteiger partial charge in [0, 0.05) is 7.05 Å². The van der Waals surface area contributed by atoms with Gasteiger partial charge in [0.1, 0.15) is 0 Å². The van der Waals surface area contributed by atoms with Gasteiger partial charge < -0.3 is 9.15 Å². The molecular weight excluding hydrogens is 403 g/mol. The molecular formula is C18H13FN4O5S. The number of halogens is 1. The van der Waals surface area contributed by atoms with E-state index in [1.54, 1.807) is 6.07 Å². The second-order valence-electron chi connectivity index (χ2n) is 5.95. The Morgan fingerprint density at radius 1 is 1.14 bits per heavy atom.